The normalized spacial score (nSPS) is 14.0. The summed E-state index contributed by atoms with van der Waals surface area (Å²) in [5.74, 6) is 0. The molecule has 1 aromatic carbocycles. The molecule has 0 saturated heterocycles. The maximum Gasteiger partial charge on any atom is 0.416 e. The molecule has 1 unspecified atom stereocenters. The van der Waals surface area contributed by atoms with Gasteiger partial charge in [0.1, 0.15) is 4.90 Å². The summed E-state index contributed by atoms with van der Waals surface area (Å²) < 4.78 is 67.4. The van der Waals surface area contributed by atoms with Crippen LogP contribution in [0.5, 0.6) is 0 Å². The van der Waals surface area contributed by atoms with E-state index in [1.165, 1.54) is 23.7 Å². The minimum absolute atomic E-state index is 0.0452. The van der Waals surface area contributed by atoms with E-state index in [4.69, 9.17) is 0 Å². The molecule has 0 spiro atoms. The quantitative estimate of drug-likeness (QED) is 0.910. The molecule has 1 heterocycles. The minimum Gasteiger partial charge on any atom is -0.271 e. The maximum absolute atomic E-state index is 12.8. The number of nitrogens with zero attached hydrogens (tertiary/aromatic N) is 2. The van der Waals surface area contributed by atoms with Crippen LogP contribution in [0.3, 0.4) is 0 Å². The molecule has 0 fully saturated rings. The maximum atomic E-state index is 12.8. The first-order valence-corrected chi connectivity index (χ1v) is 8.61. The van der Waals surface area contributed by atoms with Crippen LogP contribution in [0.25, 0.3) is 0 Å². The first-order chi connectivity index (χ1) is 10.9. The number of hydrogen-bond donors (Lipinski definition) is 1. The van der Waals surface area contributed by atoms with Crippen LogP contribution in [0.15, 0.2) is 29.2 Å². The number of halogens is 3. The number of sulfonamides is 1. The van der Waals surface area contributed by atoms with Crippen molar-refractivity contribution in [1.82, 2.24) is 14.5 Å². The molecular weight excluding hydrogens is 343 g/mol. The number of benzene rings is 1. The molecule has 2 rings (SSSR count). The van der Waals surface area contributed by atoms with Gasteiger partial charge in [-0.2, -0.15) is 18.3 Å². The molecule has 24 heavy (non-hydrogen) atoms. The van der Waals surface area contributed by atoms with Crippen LogP contribution in [0.1, 0.15) is 35.5 Å². The fraction of sp³-hybridized carbons (Fsp3) is 0.400. The molecule has 9 heteroatoms. The Morgan fingerprint density at radius 1 is 1.25 bits per heavy atom. The molecule has 0 aliphatic carbocycles. The van der Waals surface area contributed by atoms with Crippen LogP contribution in [0.2, 0.25) is 0 Å². The van der Waals surface area contributed by atoms with Crippen molar-refractivity contribution in [3.8, 4) is 0 Å². The predicted octanol–water partition coefficient (Wildman–Crippen LogP) is 3.10. The van der Waals surface area contributed by atoms with Crippen LogP contribution < -0.4 is 4.72 Å². The average molecular weight is 361 g/mol. The number of aromatic nitrogens is 2. The second-order valence-electron chi connectivity index (χ2n) is 5.59. The van der Waals surface area contributed by atoms with Gasteiger partial charge in [-0.3, -0.25) is 4.68 Å². The van der Waals surface area contributed by atoms with Crippen molar-refractivity contribution in [1.29, 1.82) is 0 Å². The molecule has 1 atom stereocenters. The van der Waals surface area contributed by atoms with Crippen LogP contribution in [0, 0.1) is 13.8 Å². The average Bonchev–Trinajstić information content (AvgIpc) is 2.71. The predicted molar refractivity (Wildman–Crippen MR) is 82.9 cm³/mol. The van der Waals surface area contributed by atoms with Gasteiger partial charge in [-0.05, 0) is 38.5 Å². The molecule has 132 valence electrons. The van der Waals surface area contributed by atoms with Crippen LogP contribution in [-0.2, 0) is 23.2 Å². The van der Waals surface area contributed by atoms with E-state index in [0.717, 1.165) is 12.1 Å². The van der Waals surface area contributed by atoms with Crippen molar-refractivity contribution in [2.75, 3.05) is 0 Å². The van der Waals surface area contributed by atoms with E-state index >= 15 is 0 Å². The van der Waals surface area contributed by atoms with E-state index in [2.05, 4.69) is 9.82 Å². The summed E-state index contributed by atoms with van der Waals surface area (Å²) in [6, 6.07) is 3.77. The number of rotatable bonds is 4. The zero-order chi connectivity index (χ0) is 18.3. The largest absolute Gasteiger partial charge is 0.416 e. The summed E-state index contributed by atoms with van der Waals surface area (Å²) in [5, 5.41) is 4.05. The molecule has 1 N–H and O–H groups in total. The third kappa shape index (κ3) is 3.62. The van der Waals surface area contributed by atoms with E-state index < -0.39 is 27.8 Å². The fourth-order valence-corrected chi connectivity index (χ4v) is 4.16. The van der Waals surface area contributed by atoms with E-state index in [9.17, 15) is 21.6 Å². The second kappa shape index (κ2) is 6.21. The summed E-state index contributed by atoms with van der Waals surface area (Å²) in [6.45, 7) is 4.67. The highest BCUT2D eigenvalue weighted by Crippen LogP contribution is 2.31. The fourth-order valence-electron chi connectivity index (χ4n) is 2.49. The van der Waals surface area contributed by atoms with E-state index in [1.807, 2.05) is 0 Å². The Morgan fingerprint density at radius 3 is 2.38 bits per heavy atom. The molecule has 1 aromatic heterocycles. The number of alkyl halides is 3. The number of hydrogen-bond acceptors (Lipinski definition) is 3. The number of nitrogens with one attached hydrogen (secondary N) is 1. The molecule has 0 amide bonds. The van der Waals surface area contributed by atoms with Gasteiger partial charge in [0.2, 0.25) is 10.0 Å². The third-order valence-electron chi connectivity index (χ3n) is 3.76. The molecule has 2 aromatic rings. The summed E-state index contributed by atoms with van der Waals surface area (Å²) >= 11 is 0. The molecule has 0 aliphatic rings. The van der Waals surface area contributed by atoms with Gasteiger partial charge >= 0.3 is 6.18 Å². The van der Waals surface area contributed by atoms with Crippen LogP contribution in [0.4, 0.5) is 13.2 Å². The van der Waals surface area contributed by atoms with Gasteiger partial charge in [0, 0.05) is 13.1 Å². The van der Waals surface area contributed by atoms with Gasteiger partial charge < -0.3 is 0 Å². The lowest BCUT2D eigenvalue weighted by atomic mass is 10.1. The van der Waals surface area contributed by atoms with Gasteiger partial charge in [-0.1, -0.05) is 12.1 Å². The standard InChI is InChI=1S/C15H18F3N3O2S/c1-9(12-6-5-7-13(8-12)15(16,17)18)20-24(22,23)14-10(2)19-21(4)11(14)3/h5-9,20H,1-4H3. The molecule has 0 saturated carbocycles. The zero-order valence-corrected chi connectivity index (χ0v) is 14.5. The van der Waals surface area contributed by atoms with E-state index in [-0.39, 0.29) is 10.5 Å². The van der Waals surface area contributed by atoms with Crippen molar-refractivity contribution < 1.29 is 21.6 Å². The Hall–Kier alpha value is -1.87. The topological polar surface area (TPSA) is 64.0 Å². The van der Waals surface area contributed by atoms with E-state index in [0.29, 0.717) is 11.4 Å². The van der Waals surface area contributed by atoms with Gasteiger partial charge in [0.25, 0.3) is 0 Å². The SMILES string of the molecule is Cc1nn(C)c(C)c1S(=O)(=O)NC(C)c1cccc(C(F)(F)F)c1. The molecule has 0 bridgehead atoms. The third-order valence-corrected chi connectivity index (χ3v) is 5.55. The van der Waals surface area contributed by atoms with Crippen molar-refractivity contribution in [2.24, 2.45) is 7.05 Å². The second-order valence-corrected chi connectivity index (χ2v) is 7.24. The van der Waals surface area contributed by atoms with E-state index in [1.54, 1.807) is 20.9 Å². The van der Waals surface area contributed by atoms with Crippen molar-refractivity contribution in [2.45, 2.75) is 37.9 Å². The van der Waals surface area contributed by atoms with Gasteiger partial charge in [0.05, 0.1) is 17.0 Å². The summed E-state index contributed by atoms with van der Waals surface area (Å²) in [4.78, 5) is 0.0452. The highest BCUT2D eigenvalue weighted by atomic mass is 32.2. The Morgan fingerprint density at radius 2 is 1.88 bits per heavy atom. The van der Waals surface area contributed by atoms with Crippen LogP contribution in [-0.4, -0.2) is 18.2 Å². The summed E-state index contributed by atoms with van der Waals surface area (Å²) in [7, 11) is -2.29. The Bertz CT molecular complexity index is 857. The first-order valence-electron chi connectivity index (χ1n) is 7.13. The van der Waals surface area contributed by atoms with Gasteiger partial charge in [-0.15, -0.1) is 0 Å². The highest BCUT2D eigenvalue weighted by Gasteiger charge is 2.31. The van der Waals surface area contributed by atoms with Crippen molar-refractivity contribution >= 4 is 10.0 Å². The Labute approximate surface area is 138 Å². The minimum atomic E-state index is -4.48. The summed E-state index contributed by atoms with van der Waals surface area (Å²) in [6.07, 6.45) is -4.48. The summed E-state index contributed by atoms with van der Waals surface area (Å²) in [5.41, 5.74) is 0.197. The molecular formula is C15H18F3N3O2S. The van der Waals surface area contributed by atoms with Crippen molar-refractivity contribution in [3.63, 3.8) is 0 Å². The lowest BCUT2D eigenvalue weighted by Crippen LogP contribution is -2.28. The Balaban J connectivity index is 2.34. The lowest BCUT2D eigenvalue weighted by molar-refractivity contribution is -0.137. The van der Waals surface area contributed by atoms with Crippen molar-refractivity contribution in [3.05, 3.63) is 46.8 Å². The molecule has 0 aliphatic heterocycles. The molecule has 5 nitrogen and oxygen atoms in total. The smallest absolute Gasteiger partial charge is 0.271 e. The lowest BCUT2D eigenvalue weighted by Gasteiger charge is -2.16. The Kier molecular flexibility index (Phi) is 4.78. The van der Waals surface area contributed by atoms with Crippen LogP contribution >= 0.6 is 0 Å². The van der Waals surface area contributed by atoms with Gasteiger partial charge in [0.15, 0.2) is 0 Å². The zero-order valence-electron chi connectivity index (χ0n) is 13.6. The first kappa shape index (κ1) is 18.5. The monoisotopic (exact) mass is 361 g/mol. The number of aryl methyl sites for hydroxylation is 2. The molecule has 0 radical (unpaired) electrons. The van der Waals surface area contributed by atoms with Gasteiger partial charge in [-0.25, -0.2) is 13.1 Å². The highest BCUT2D eigenvalue weighted by molar-refractivity contribution is 7.89.